The summed E-state index contributed by atoms with van der Waals surface area (Å²) in [6.07, 6.45) is 4.79. The molecule has 1 heterocycles. The van der Waals surface area contributed by atoms with Crippen LogP contribution >= 0.6 is 11.6 Å². The highest BCUT2D eigenvalue weighted by atomic mass is 35.5. The molecule has 0 atom stereocenters. The van der Waals surface area contributed by atoms with Crippen LogP contribution in [-0.4, -0.2) is 9.78 Å². The second kappa shape index (κ2) is 4.99. The maximum Gasteiger partial charge on any atom is 0.0489 e. The molecule has 2 aromatic rings. The van der Waals surface area contributed by atoms with Gasteiger partial charge in [0.15, 0.2) is 0 Å². The molecule has 2 rings (SSSR count). The molecule has 1 aromatic carbocycles. The van der Waals surface area contributed by atoms with Gasteiger partial charge in [-0.15, -0.1) is 11.6 Å². The zero-order valence-corrected chi connectivity index (χ0v) is 9.19. The lowest BCUT2D eigenvalue weighted by molar-refractivity contribution is 0.615. The third-order valence-electron chi connectivity index (χ3n) is 2.37. The SMILES string of the molecule is ClCc1ccc(CCn2cccn2)cc1. The van der Waals surface area contributed by atoms with Crippen LogP contribution in [0.5, 0.6) is 0 Å². The van der Waals surface area contributed by atoms with Crippen LogP contribution < -0.4 is 0 Å². The van der Waals surface area contributed by atoms with E-state index in [0.29, 0.717) is 5.88 Å². The minimum absolute atomic E-state index is 0.583. The van der Waals surface area contributed by atoms with Crippen LogP contribution in [0.3, 0.4) is 0 Å². The largest absolute Gasteiger partial charge is 0.272 e. The van der Waals surface area contributed by atoms with Crippen molar-refractivity contribution in [3.8, 4) is 0 Å². The van der Waals surface area contributed by atoms with Crippen molar-refractivity contribution in [3.05, 3.63) is 53.9 Å². The van der Waals surface area contributed by atoms with Gasteiger partial charge >= 0.3 is 0 Å². The molecule has 0 unspecified atom stereocenters. The minimum atomic E-state index is 0.583. The fourth-order valence-corrected chi connectivity index (χ4v) is 1.65. The Bertz CT molecular complexity index is 392. The van der Waals surface area contributed by atoms with E-state index in [2.05, 4.69) is 29.4 Å². The van der Waals surface area contributed by atoms with Crippen LogP contribution in [0.4, 0.5) is 0 Å². The van der Waals surface area contributed by atoms with E-state index in [9.17, 15) is 0 Å². The number of hydrogen-bond acceptors (Lipinski definition) is 1. The maximum absolute atomic E-state index is 5.72. The summed E-state index contributed by atoms with van der Waals surface area (Å²) in [7, 11) is 0. The third kappa shape index (κ3) is 2.83. The average molecular weight is 221 g/mol. The molecule has 0 spiro atoms. The molecular formula is C12H13ClN2. The highest BCUT2D eigenvalue weighted by Gasteiger charge is 1.95. The van der Waals surface area contributed by atoms with Gasteiger partial charge in [-0.25, -0.2) is 0 Å². The van der Waals surface area contributed by atoms with Crippen LogP contribution in [0.1, 0.15) is 11.1 Å². The minimum Gasteiger partial charge on any atom is -0.272 e. The molecule has 78 valence electrons. The first kappa shape index (κ1) is 10.2. The Balaban J connectivity index is 1.93. The second-order valence-corrected chi connectivity index (χ2v) is 3.74. The van der Waals surface area contributed by atoms with Crippen LogP contribution in [0, 0.1) is 0 Å². The van der Waals surface area contributed by atoms with Gasteiger partial charge in [-0.2, -0.15) is 5.10 Å². The smallest absolute Gasteiger partial charge is 0.0489 e. The lowest BCUT2D eigenvalue weighted by atomic mass is 10.1. The van der Waals surface area contributed by atoms with E-state index in [1.165, 1.54) is 11.1 Å². The summed E-state index contributed by atoms with van der Waals surface area (Å²) in [4.78, 5) is 0. The predicted octanol–water partition coefficient (Wildman–Crippen LogP) is 2.86. The van der Waals surface area contributed by atoms with Crippen molar-refractivity contribution in [3.63, 3.8) is 0 Å². The Kier molecular flexibility index (Phi) is 3.41. The van der Waals surface area contributed by atoms with Gasteiger partial charge in [0.25, 0.3) is 0 Å². The van der Waals surface area contributed by atoms with Crippen molar-refractivity contribution in [1.82, 2.24) is 9.78 Å². The van der Waals surface area contributed by atoms with Crippen molar-refractivity contribution in [1.29, 1.82) is 0 Å². The number of benzene rings is 1. The Hall–Kier alpha value is -1.28. The summed E-state index contributed by atoms with van der Waals surface area (Å²) in [6.45, 7) is 0.924. The second-order valence-electron chi connectivity index (χ2n) is 3.47. The molecular weight excluding hydrogens is 208 g/mol. The molecule has 0 amide bonds. The van der Waals surface area contributed by atoms with E-state index in [1.807, 2.05) is 16.9 Å². The normalized spacial score (nSPS) is 10.5. The predicted molar refractivity (Wildman–Crippen MR) is 61.9 cm³/mol. The zero-order chi connectivity index (χ0) is 10.5. The number of rotatable bonds is 4. The topological polar surface area (TPSA) is 17.8 Å². The summed E-state index contributed by atoms with van der Waals surface area (Å²) < 4.78 is 1.94. The van der Waals surface area contributed by atoms with Crippen molar-refractivity contribution >= 4 is 11.6 Å². The van der Waals surface area contributed by atoms with E-state index in [-0.39, 0.29) is 0 Å². The molecule has 3 heteroatoms. The molecule has 0 aliphatic carbocycles. The van der Waals surface area contributed by atoms with Crippen LogP contribution in [0.25, 0.3) is 0 Å². The van der Waals surface area contributed by atoms with Gasteiger partial charge in [-0.1, -0.05) is 24.3 Å². The van der Waals surface area contributed by atoms with Gasteiger partial charge < -0.3 is 0 Å². The molecule has 0 bridgehead atoms. The quantitative estimate of drug-likeness (QED) is 0.725. The molecule has 15 heavy (non-hydrogen) atoms. The number of aryl methyl sites for hydroxylation is 2. The fraction of sp³-hybridized carbons (Fsp3) is 0.250. The van der Waals surface area contributed by atoms with Gasteiger partial charge in [0, 0.05) is 24.8 Å². The highest BCUT2D eigenvalue weighted by molar-refractivity contribution is 6.17. The summed E-state index contributed by atoms with van der Waals surface area (Å²) in [6, 6.07) is 10.3. The Morgan fingerprint density at radius 3 is 2.47 bits per heavy atom. The maximum atomic E-state index is 5.72. The van der Waals surface area contributed by atoms with E-state index in [0.717, 1.165) is 13.0 Å². The summed E-state index contributed by atoms with van der Waals surface area (Å²) in [5, 5.41) is 4.16. The number of alkyl halides is 1. The van der Waals surface area contributed by atoms with Gasteiger partial charge in [0.05, 0.1) is 0 Å². The molecule has 0 aliphatic rings. The molecule has 2 nitrogen and oxygen atoms in total. The molecule has 0 fully saturated rings. The van der Waals surface area contributed by atoms with E-state index in [1.54, 1.807) is 6.20 Å². The van der Waals surface area contributed by atoms with Gasteiger partial charge in [0.1, 0.15) is 0 Å². The Labute approximate surface area is 94.5 Å². The molecule has 1 aromatic heterocycles. The number of nitrogens with zero attached hydrogens (tertiary/aromatic N) is 2. The molecule has 0 radical (unpaired) electrons. The number of hydrogen-bond donors (Lipinski definition) is 0. The summed E-state index contributed by atoms with van der Waals surface area (Å²) >= 11 is 5.72. The standard InChI is InChI=1S/C12H13ClN2/c13-10-12-4-2-11(3-5-12)6-9-15-8-1-7-14-15/h1-5,7-8H,6,9-10H2. The van der Waals surface area contributed by atoms with E-state index in [4.69, 9.17) is 11.6 Å². The van der Waals surface area contributed by atoms with Gasteiger partial charge in [-0.3, -0.25) is 4.68 Å². The van der Waals surface area contributed by atoms with Crippen LogP contribution in [0.15, 0.2) is 42.7 Å². The van der Waals surface area contributed by atoms with Gasteiger partial charge in [-0.05, 0) is 23.6 Å². The summed E-state index contributed by atoms with van der Waals surface area (Å²) in [5.74, 6) is 0.583. The average Bonchev–Trinajstić information content (AvgIpc) is 2.80. The van der Waals surface area contributed by atoms with Crippen LogP contribution in [0.2, 0.25) is 0 Å². The number of aromatic nitrogens is 2. The summed E-state index contributed by atoms with van der Waals surface area (Å²) in [5.41, 5.74) is 2.49. The van der Waals surface area contributed by atoms with Crippen LogP contribution in [-0.2, 0) is 18.8 Å². The first-order valence-electron chi connectivity index (χ1n) is 5.00. The third-order valence-corrected chi connectivity index (χ3v) is 2.67. The number of halogens is 1. The van der Waals surface area contributed by atoms with Gasteiger partial charge in [0.2, 0.25) is 0 Å². The lowest BCUT2D eigenvalue weighted by Gasteiger charge is -2.03. The molecule has 0 saturated carbocycles. The first-order chi connectivity index (χ1) is 7.38. The first-order valence-corrected chi connectivity index (χ1v) is 5.53. The van der Waals surface area contributed by atoms with E-state index < -0.39 is 0 Å². The van der Waals surface area contributed by atoms with E-state index >= 15 is 0 Å². The molecule has 0 saturated heterocycles. The lowest BCUT2D eigenvalue weighted by Crippen LogP contribution is -2.01. The Morgan fingerprint density at radius 1 is 1.13 bits per heavy atom. The van der Waals surface area contributed by atoms with Crippen molar-refractivity contribution < 1.29 is 0 Å². The monoisotopic (exact) mass is 220 g/mol. The zero-order valence-electron chi connectivity index (χ0n) is 8.44. The van der Waals surface area contributed by atoms with Crippen molar-refractivity contribution in [2.75, 3.05) is 0 Å². The Morgan fingerprint density at radius 2 is 1.87 bits per heavy atom. The highest BCUT2D eigenvalue weighted by Crippen LogP contribution is 2.07. The van der Waals surface area contributed by atoms with Crippen molar-refractivity contribution in [2.24, 2.45) is 0 Å². The molecule has 0 N–H and O–H groups in total. The van der Waals surface area contributed by atoms with Crippen molar-refractivity contribution in [2.45, 2.75) is 18.8 Å². The fourth-order valence-electron chi connectivity index (χ4n) is 1.47. The molecule has 0 aliphatic heterocycles.